The van der Waals surface area contributed by atoms with Crippen LogP contribution in [0.4, 0.5) is 38.1 Å². The van der Waals surface area contributed by atoms with E-state index in [0.717, 1.165) is 28.4 Å². The highest BCUT2D eigenvalue weighted by Crippen LogP contribution is 2.38. The lowest BCUT2D eigenvalue weighted by molar-refractivity contribution is -0.137. The number of hydrogen-bond donors (Lipinski definition) is 3. The summed E-state index contributed by atoms with van der Waals surface area (Å²) in [7, 11) is 0. The molecule has 1 aliphatic rings. The number of carbonyl (C=O) groups is 4. The van der Waals surface area contributed by atoms with Crippen LogP contribution in [0.5, 0.6) is 0 Å². The van der Waals surface area contributed by atoms with Gasteiger partial charge in [-0.05, 0) is 30.3 Å². The van der Waals surface area contributed by atoms with Gasteiger partial charge in [0, 0.05) is 18.8 Å². The van der Waals surface area contributed by atoms with Crippen LogP contribution in [0.15, 0.2) is 30.3 Å². The Morgan fingerprint density at radius 3 is 2.54 bits per heavy atom. The van der Waals surface area contributed by atoms with E-state index in [1.165, 1.54) is 12.1 Å². The molecule has 0 bridgehead atoms. The molecular formula is C22H20ClF5N4O6S. The quantitative estimate of drug-likeness (QED) is 0.379. The topological polar surface area (TPSA) is 126 Å². The van der Waals surface area contributed by atoms with Crippen molar-refractivity contribution in [2.24, 2.45) is 0 Å². The highest BCUT2D eigenvalue weighted by Gasteiger charge is 2.37. The van der Waals surface area contributed by atoms with Crippen LogP contribution >= 0.6 is 22.9 Å². The zero-order valence-electron chi connectivity index (χ0n) is 19.6. The number of nitrogens with zero attached hydrogens (tertiary/aromatic N) is 1. The first-order valence-corrected chi connectivity index (χ1v) is 12.2. The lowest BCUT2D eigenvalue weighted by Crippen LogP contribution is -2.50. The lowest BCUT2D eigenvalue weighted by Gasteiger charge is -2.29. The SMILES string of the molecule is O=C(N[C@@H](CNC(=O)c1ccc(Cl)s1)C(=O)Nc1ccc(N2CCOCC2=O)c(C(F)(F)F)c1)OCC(F)F. The number of carbonyl (C=O) groups excluding carboxylic acids is 4. The normalized spacial score (nSPS) is 14.6. The van der Waals surface area contributed by atoms with Gasteiger partial charge in [0.05, 0.1) is 27.1 Å². The van der Waals surface area contributed by atoms with E-state index in [2.05, 4.69) is 15.4 Å². The summed E-state index contributed by atoms with van der Waals surface area (Å²) in [5.74, 6) is -2.47. The minimum atomic E-state index is -4.92. The van der Waals surface area contributed by atoms with Gasteiger partial charge >= 0.3 is 12.3 Å². The first-order valence-electron chi connectivity index (χ1n) is 11.0. The van der Waals surface area contributed by atoms with Crippen LogP contribution in [0.3, 0.4) is 0 Å². The van der Waals surface area contributed by atoms with E-state index in [4.69, 9.17) is 16.3 Å². The summed E-state index contributed by atoms with van der Waals surface area (Å²) in [6.45, 7) is -2.35. The summed E-state index contributed by atoms with van der Waals surface area (Å²) in [5, 5.41) is 6.50. The second-order valence-corrected chi connectivity index (χ2v) is 9.53. The Bertz CT molecular complexity index is 1230. The Morgan fingerprint density at radius 1 is 1.18 bits per heavy atom. The number of hydrogen-bond acceptors (Lipinski definition) is 7. The number of thiophene rings is 1. The van der Waals surface area contributed by atoms with Crippen LogP contribution in [-0.2, 0) is 25.2 Å². The van der Waals surface area contributed by atoms with E-state index < -0.39 is 73.5 Å². The van der Waals surface area contributed by atoms with Gasteiger partial charge in [-0.15, -0.1) is 11.3 Å². The van der Waals surface area contributed by atoms with Gasteiger partial charge in [-0.2, -0.15) is 13.2 Å². The van der Waals surface area contributed by atoms with Crippen LogP contribution in [0.1, 0.15) is 15.2 Å². The first kappa shape index (κ1) is 30.0. The van der Waals surface area contributed by atoms with Gasteiger partial charge in [0.25, 0.3) is 18.2 Å². The second kappa shape index (κ2) is 13.0. The van der Waals surface area contributed by atoms with Gasteiger partial charge in [0.15, 0.2) is 6.61 Å². The molecule has 1 aromatic heterocycles. The van der Waals surface area contributed by atoms with Crippen LogP contribution in [0.25, 0.3) is 0 Å². The van der Waals surface area contributed by atoms with Gasteiger partial charge in [-0.1, -0.05) is 11.6 Å². The summed E-state index contributed by atoms with van der Waals surface area (Å²) in [6.07, 6.45) is -9.34. The molecule has 1 aromatic carbocycles. The Labute approximate surface area is 226 Å². The molecule has 1 aliphatic heterocycles. The van der Waals surface area contributed by atoms with Gasteiger partial charge in [0.1, 0.15) is 12.6 Å². The van der Waals surface area contributed by atoms with E-state index in [1.807, 2.05) is 5.32 Å². The highest BCUT2D eigenvalue weighted by atomic mass is 35.5. The molecule has 3 rings (SSSR count). The number of benzene rings is 1. The largest absolute Gasteiger partial charge is 0.443 e. The fourth-order valence-corrected chi connectivity index (χ4v) is 4.29. The van der Waals surface area contributed by atoms with E-state index >= 15 is 0 Å². The average Bonchev–Trinajstić information content (AvgIpc) is 3.31. The maximum absolute atomic E-state index is 13.8. The molecule has 2 heterocycles. The van der Waals surface area contributed by atoms with E-state index in [0.29, 0.717) is 10.4 Å². The van der Waals surface area contributed by atoms with Crippen molar-refractivity contribution in [3.05, 3.63) is 45.1 Å². The van der Waals surface area contributed by atoms with Crippen molar-refractivity contribution >= 4 is 58.1 Å². The molecule has 0 saturated carbocycles. The lowest BCUT2D eigenvalue weighted by atomic mass is 10.1. The Kier molecular flexibility index (Phi) is 10.0. The minimum absolute atomic E-state index is 0.0277. The summed E-state index contributed by atoms with van der Waals surface area (Å²) < 4.78 is 75.8. The second-order valence-electron chi connectivity index (χ2n) is 7.82. The van der Waals surface area contributed by atoms with E-state index in [1.54, 1.807) is 0 Å². The smallest absolute Gasteiger partial charge is 0.418 e. The number of halogens is 6. The van der Waals surface area contributed by atoms with E-state index in [9.17, 15) is 41.1 Å². The number of amides is 4. The van der Waals surface area contributed by atoms with Crippen molar-refractivity contribution < 1.29 is 50.6 Å². The zero-order chi connectivity index (χ0) is 28.7. The number of anilines is 2. The molecule has 1 atom stereocenters. The summed E-state index contributed by atoms with van der Waals surface area (Å²) in [4.78, 5) is 50.2. The molecule has 39 heavy (non-hydrogen) atoms. The third kappa shape index (κ3) is 8.49. The van der Waals surface area contributed by atoms with Crippen LogP contribution in [0.2, 0.25) is 4.34 Å². The molecule has 2 aromatic rings. The van der Waals surface area contributed by atoms with Crippen molar-refractivity contribution in [3.63, 3.8) is 0 Å². The highest BCUT2D eigenvalue weighted by molar-refractivity contribution is 7.18. The maximum Gasteiger partial charge on any atom is 0.418 e. The third-order valence-corrected chi connectivity index (χ3v) is 6.29. The molecular weight excluding hydrogens is 579 g/mol. The van der Waals surface area contributed by atoms with Crippen molar-refractivity contribution in [2.45, 2.75) is 18.6 Å². The number of alkyl carbamates (subject to hydrolysis) is 1. The predicted molar refractivity (Wildman–Crippen MR) is 129 cm³/mol. The number of ether oxygens (including phenoxy) is 2. The first-order chi connectivity index (χ1) is 18.3. The standard InChI is InChI=1S/C22H20ClF5N4O6S/c23-16-4-3-15(39-16)20(35)29-8-13(31-21(36)38-9-17(24)25)19(34)30-11-1-2-14(12(7-11)22(26,27)28)32-5-6-37-10-18(32)33/h1-4,7,13,17H,5-6,8-10H2,(H,29,35)(H,30,34)(H,31,36)/t13-/m0/s1. The molecule has 3 N–H and O–H groups in total. The van der Waals surface area contributed by atoms with Gasteiger partial charge in [0.2, 0.25) is 5.91 Å². The van der Waals surface area contributed by atoms with Crippen molar-refractivity contribution in [1.29, 1.82) is 0 Å². The third-order valence-electron chi connectivity index (χ3n) is 5.06. The van der Waals surface area contributed by atoms with Gasteiger partial charge in [-0.25, -0.2) is 13.6 Å². The van der Waals surface area contributed by atoms with E-state index in [-0.39, 0.29) is 23.7 Å². The number of alkyl halides is 5. The molecule has 1 saturated heterocycles. The number of morpholine rings is 1. The van der Waals surface area contributed by atoms with Crippen LogP contribution in [-0.4, -0.2) is 69.2 Å². The Morgan fingerprint density at radius 2 is 1.92 bits per heavy atom. The monoisotopic (exact) mass is 598 g/mol. The molecule has 1 fully saturated rings. The molecule has 0 unspecified atom stereocenters. The fourth-order valence-electron chi connectivity index (χ4n) is 3.33. The maximum atomic E-state index is 13.8. The van der Waals surface area contributed by atoms with Crippen molar-refractivity contribution in [1.82, 2.24) is 10.6 Å². The van der Waals surface area contributed by atoms with Gasteiger partial charge in [-0.3, -0.25) is 14.4 Å². The minimum Gasteiger partial charge on any atom is -0.443 e. The molecule has 0 aliphatic carbocycles. The summed E-state index contributed by atoms with van der Waals surface area (Å²) in [6, 6.07) is 3.87. The van der Waals surface area contributed by atoms with Crippen molar-refractivity contribution in [3.8, 4) is 0 Å². The van der Waals surface area contributed by atoms with Crippen LogP contribution in [0, 0.1) is 0 Å². The molecule has 4 amide bonds. The molecule has 0 radical (unpaired) electrons. The predicted octanol–water partition coefficient (Wildman–Crippen LogP) is 3.51. The number of rotatable bonds is 9. The average molecular weight is 599 g/mol. The van der Waals surface area contributed by atoms with Crippen LogP contribution < -0.4 is 20.9 Å². The molecule has 17 heteroatoms. The summed E-state index contributed by atoms with van der Waals surface area (Å²) in [5.41, 5.74) is -2.03. The number of nitrogens with one attached hydrogen (secondary N) is 3. The molecule has 10 nitrogen and oxygen atoms in total. The van der Waals surface area contributed by atoms with Crippen molar-refractivity contribution in [2.75, 3.05) is 43.1 Å². The summed E-state index contributed by atoms with van der Waals surface area (Å²) >= 11 is 6.70. The molecule has 212 valence electrons. The molecule has 0 spiro atoms. The Balaban J connectivity index is 1.79. The Hall–Kier alpha value is -3.50. The fraction of sp³-hybridized carbons (Fsp3) is 0.364. The van der Waals surface area contributed by atoms with Gasteiger partial charge < -0.3 is 30.3 Å². The zero-order valence-corrected chi connectivity index (χ0v) is 21.2.